The van der Waals surface area contributed by atoms with Crippen molar-refractivity contribution in [2.24, 2.45) is 10.7 Å². The van der Waals surface area contributed by atoms with Crippen molar-refractivity contribution < 1.29 is 18.4 Å². The van der Waals surface area contributed by atoms with E-state index in [2.05, 4.69) is 15.3 Å². The molecule has 3 aromatic rings. The summed E-state index contributed by atoms with van der Waals surface area (Å²) in [7, 11) is 0. The quantitative estimate of drug-likeness (QED) is 0.438. The number of alkyl halides is 1. The van der Waals surface area contributed by atoms with Gasteiger partial charge in [0.2, 0.25) is 5.95 Å². The number of hydrogen-bond acceptors (Lipinski definition) is 5. The fourth-order valence-corrected chi connectivity index (χ4v) is 3.94. The van der Waals surface area contributed by atoms with E-state index in [0.29, 0.717) is 16.7 Å². The zero-order chi connectivity index (χ0) is 22.9. The fourth-order valence-electron chi connectivity index (χ4n) is 3.94. The molecule has 0 bridgehead atoms. The Kier molecular flexibility index (Phi) is 5.56. The number of rotatable bonds is 7. The van der Waals surface area contributed by atoms with Crippen molar-refractivity contribution in [2.75, 3.05) is 6.67 Å². The molecular weight excluding hydrogens is 416 g/mol. The highest BCUT2D eigenvalue weighted by Gasteiger charge is 2.48. The third kappa shape index (κ3) is 3.45. The molecule has 3 N–H and O–H groups in total. The van der Waals surface area contributed by atoms with E-state index in [1.54, 1.807) is 55.6 Å². The standard InChI is InChI=1S/C23H21F2N5O2/c1-2-19(31)18-12-16(13-30(18)10-8-24)23(21(32)28-22(26)29-23)15-6-3-5-14(11-15)17-7-4-9-27-20(17)25/h3-7,9,11-13H,2,8,10H2,1H3,(H3,26,28,29,32). The van der Waals surface area contributed by atoms with Gasteiger partial charge in [0, 0.05) is 29.9 Å². The van der Waals surface area contributed by atoms with Crippen LogP contribution in [-0.2, 0) is 16.9 Å². The molecule has 164 valence electrons. The second-order valence-corrected chi connectivity index (χ2v) is 7.36. The highest BCUT2D eigenvalue weighted by molar-refractivity contribution is 6.09. The summed E-state index contributed by atoms with van der Waals surface area (Å²) in [5.41, 5.74) is 6.07. The van der Waals surface area contributed by atoms with Gasteiger partial charge in [-0.25, -0.2) is 14.4 Å². The molecule has 0 fully saturated rings. The Labute approximate surface area is 183 Å². The molecule has 2 aromatic heterocycles. The predicted octanol–water partition coefficient (Wildman–Crippen LogP) is 2.94. The maximum atomic E-state index is 14.3. The molecule has 7 nitrogen and oxygen atoms in total. The Morgan fingerprint density at radius 2 is 2.03 bits per heavy atom. The molecule has 3 heterocycles. The summed E-state index contributed by atoms with van der Waals surface area (Å²) >= 11 is 0. The van der Waals surface area contributed by atoms with Crippen LogP contribution in [0.3, 0.4) is 0 Å². The van der Waals surface area contributed by atoms with Crippen LogP contribution in [-0.4, -0.2) is 33.9 Å². The summed E-state index contributed by atoms with van der Waals surface area (Å²) < 4.78 is 28.9. The van der Waals surface area contributed by atoms with Gasteiger partial charge in [-0.2, -0.15) is 4.39 Å². The summed E-state index contributed by atoms with van der Waals surface area (Å²) in [4.78, 5) is 33.7. The van der Waals surface area contributed by atoms with Crippen molar-refractivity contribution >= 4 is 17.6 Å². The SMILES string of the molecule is CCC(=O)c1cc(C2(c3cccc(-c4cccnc4F)c3)N=C(N)NC2=O)cn1CCF. The molecule has 0 spiro atoms. The van der Waals surface area contributed by atoms with Gasteiger partial charge in [-0.05, 0) is 35.4 Å². The number of carbonyl (C=O) groups is 2. The molecule has 0 saturated heterocycles. The minimum Gasteiger partial charge on any atom is -0.370 e. The average Bonchev–Trinajstić information content (AvgIpc) is 3.34. The Balaban J connectivity index is 1.93. The average molecular weight is 437 g/mol. The van der Waals surface area contributed by atoms with Crippen molar-refractivity contribution in [1.29, 1.82) is 0 Å². The number of aromatic nitrogens is 2. The molecule has 0 radical (unpaired) electrons. The zero-order valence-corrected chi connectivity index (χ0v) is 17.3. The first-order chi connectivity index (χ1) is 15.4. The molecule has 1 unspecified atom stereocenters. The summed E-state index contributed by atoms with van der Waals surface area (Å²) in [6, 6.07) is 11.4. The number of nitrogens with zero attached hydrogens (tertiary/aromatic N) is 3. The number of Topliss-reactive ketones (excluding diaryl/α,β-unsaturated/α-hetero) is 1. The molecule has 32 heavy (non-hydrogen) atoms. The van der Waals surface area contributed by atoms with Crippen LogP contribution in [0.2, 0.25) is 0 Å². The normalized spacial score (nSPS) is 17.8. The number of carbonyl (C=O) groups excluding carboxylic acids is 2. The maximum absolute atomic E-state index is 14.3. The van der Waals surface area contributed by atoms with Gasteiger partial charge in [0.1, 0.15) is 6.67 Å². The number of aliphatic imine (C=N–C) groups is 1. The Bertz CT molecular complexity index is 1240. The number of halogens is 2. The van der Waals surface area contributed by atoms with Crippen molar-refractivity contribution in [3.63, 3.8) is 0 Å². The number of benzene rings is 1. The van der Waals surface area contributed by atoms with E-state index < -0.39 is 24.1 Å². The number of amides is 1. The summed E-state index contributed by atoms with van der Waals surface area (Å²) in [5, 5.41) is 2.51. The minimum absolute atomic E-state index is 0.0428. The van der Waals surface area contributed by atoms with Gasteiger partial charge in [-0.15, -0.1) is 0 Å². The first-order valence-corrected chi connectivity index (χ1v) is 10.1. The number of ketones is 1. The van der Waals surface area contributed by atoms with E-state index in [0.717, 1.165) is 0 Å². The molecule has 1 aliphatic rings. The molecule has 9 heteroatoms. The van der Waals surface area contributed by atoms with Crippen LogP contribution in [0.4, 0.5) is 8.78 Å². The van der Waals surface area contributed by atoms with Crippen molar-refractivity contribution in [2.45, 2.75) is 25.4 Å². The van der Waals surface area contributed by atoms with E-state index in [1.807, 2.05) is 0 Å². The van der Waals surface area contributed by atoms with Gasteiger partial charge in [0.05, 0.1) is 12.2 Å². The lowest BCUT2D eigenvalue weighted by Gasteiger charge is -2.23. The van der Waals surface area contributed by atoms with Crippen molar-refractivity contribution in [1.82, 2.24) is 14.9 Å². The highest BCUT2D eigenvalue weighted by Crippen LogP contribution is 2.39. The lowest BCUT2D eigenvalue weighted by Crippen LogP contribution is -2.39. The van der Waals surface area contributed by atoms with E-state index in [4.69, 9.17) is 5.73 Å². The van der Waals surface area contributed by atoms with E-state index in [9.17, 15) is 18.4 Å². The van der Waals surface area contributed by atoms with E-state index >= 15 is 0 Å². The lowest BCUT2D eigenvalue weighted by atomic mass is 9.83. The zero-order valence-electron chi connectivity index (χ0n) is 17.3. The predicted molar refractivity (Wildman–Crippen MR) is 115 cm³/mol. The van der Waals surface area contributed by atoms with Gasteiger partial charge in [0.25, 0.3) is 5.91 Å². The Morgan fingerprint density at radius 3 is 2.69 bits per heavy atom. The van der Waals surface area contributed by atoms with Crippen LogP contribution in [0.25, 0.3) is 11.1 Å². The highest BCUT2D eigenvalue weighted by atomic mass is 19.1. The fraction of sp³-hybridized carbons (Fsp3) is 0.217. The summed E-state index contributed by atoms with van der Waals surface area (Å²) in [6.45, 7) is 0.978. The monoisotopic (exact) mass is 437 g/mol. The van der Waals surface area contributed by atoms with Gasteiger partial charge < -0.3 is 10.3 Å². The first kappa shape index (κ1) is 21.4. The molecule has 1 amide bonds. The van der Waals surface area contributed by atoms with Crippen LogP contribution in [0.5, 0.6) is 0 Å². The minimum atomic E-state index is -1.61. The van der Waals surface area contributed by atoms with Gasteiger partial charge >= 0.3 is 0 Å². The summed E-state index contributed by atoms with van der Waals surface area (Å²) in [6.07, 6.45) is 3.11. The number of pyridine rings is 1. The number of aryl methyl sites for hydroxylation is 1. The number of nitrogens with two attached hydrogens (primary N) is 1. The van der Waals surface area contributed by atoms with Crippen molar-refractivity contribution in [3.8, 4) is 11.1 Å². The largest absolute Gasteiger partial charge is 0.370 e. The molecule has 0 saturated carbocycles. The number of hydrogen-bond donors (Lipinski definition) is 2. The topological polar surface area (TPSA) is 102 Å². The van der Waals surface area contributed by atoms with Crippen molar-refractivity contribution in [3.05, 3.63) is 77.6 Å². The Morgan fingerprint density at radius 1 is 1.22 bits per heavy atom. The molecular formula is C23H21F2N5O2. The summed E-state index contributed by atoms with van der Waals surface area (Å²) in [5.74, 6) is -1.45. The second kappa shape index (κ2) is 8.33. The third-order valence-corrected chi connectivity index (χ3v) is 5.46. The lowest BCUT2D eigenvalue weighted by molar-refractivity contribution is -0.122. The van der Waals surface area contributed by atoms with E-state index in [-0.39, 0.29) is 36.0 Å². The molecule has 1 atom stereocenters. The van der Waals surface area contributed by atoms with Crippen LogP contribution in [0.15, 0.2) is 59.9 Å². The molecule has 0 aliphatic carbocycles. The van der Waals surface area contributed by atoms with Crippen LogP contribution < -0.4 is 11.1 Å². The number of nitrogens with one attached hydrogen (secondary N) is 1. The van der Waals surface area contributed by atoms with Gasteiger partial charge in [-0.3, -0.25) is 14.9 Å². The van der Waals surface area contributed by atoms with Crippen LogP contribution in [0, 0.1) is 5.95 Å². The van der Waals surface area contributed by atoms with Gasteiger partial charge in [-0.1, -0.05) is 25.1 Å². The van der Waals surface area contributed by atoms with Gasteiger partial charge in [0.15, 0.2) is 17.3 Å². The smallest absolute Gasteiger partial charge is 0.264 e. The third-order valence-electron chi connectivity index (χ3n) is 5.46. The first-order valence-electron chi connectivity index (χ1n) is 10.1. The van der Waals surface area contributed by atoms with Crippen LogP contribution in [0.1, 0.15) is 35.0 Å². The molecule has 1 aliphatic heterocycles. The maximum Gasteiger partial charge on any atom is 0.264 e. The second-order valence-electron chi connectivity index (χ2n) is 7.36. The van der Waals surface area contributed by atoms with Crippen LogP contribution >= 0.6 is 0 Å². The molecule has 1 aromatic carbocycles. The van der Waals surface area contributed by atoms with E-state index in [1.165, 1.54) is 10.8 Å². The number of guanidine groups is 1. The molecule has 4 rings (SSSR count). The Hall–Kier alpha value is -3.88.